The molecule has 1 heterocycles. The van der Waals surface area contributed by atoms with Crippen molar-refractivity contribution in [3.63, 3.8) is 0 Å². The zero-order chi connectivity index (χ0) is 20.1. The van der Waals surface area contributed by atoms with E-state index in [-0.39, 0.29) is 5.97 Å². The summed E-state index contributed by atoms with van der Waals surface area (Å²) in [6.45, 7) is 2.19. The number of esters is 1. The lowest BCUT2D eigenvalue weighted by molar-refractivity contribution is -0.143. The maximum absolute atomic E-state index is 11.9. The molecule has 2 aromatic carbocycles. The molecule has 6 nitrogen and oxygen atoms in total. The molecule has 0 unspecified atom stereocenters. The number of benzene rings is 2. The molecule has 0 aliphatic carbocycles. The van der Waals surface area contributed by atoms with Crippen LogP contribution in [0, 0.1) is 0 Å². The molecule has 6 heteroatoms. The topological polar surface area (TPSA) is 69.8 Å². The number of carbonyl (C=O) groups excluding carboxylic acids is 1. The number of rotatable bonds is 8. The number of aromatic amines is 1. The molecule has 0 radical (unpaired) electrons. The van der Waals surface area contributed by atoms with Crippen LogP contribution in [0.5, 0.6) is 17.2 Å². The molecular formula is C22H25NO5. The van der Waals surface area contributed by atoms with E-state index in [0.717, 1.165) is 33.5 Å². The number of fused-ring (bicyclic) bond motifs is 1. The van der Waals surface area contributed by atoms with Gasteiger partial charge in [-0.3, -0.25) is 4.79 Å². The Morgan fingerprint density at radius 1 is 0.964 bits per heavy atom. The predicted octanol–water partition coefficient (Wildman–Crippen LogP) is 4.36. The standard InChI is InChI=1S/C22H25NO5/c1-5-28-21(24)11-10-17-22(14-6-8-15(25-2)9-7-14)16-12-19(26-3)20(27-4)13-18(16)23-17/h6-9,12-13,23H,5,10-11H2,1-4H3. The van der Waals surface area contributed by atoms with Crippen molar-refractivity contribution in [3.8, 4) is 28.4 Å². The highest BCUT2D eigenvalue weighted by Gasteiger charge is 2.18. The molecule has 1 N–H and O–H groups in total. The number of H-pyrrole nitrogens is 1. The zero-order valence-corrected chi connectivity index (χ0v) is 16.6. The second-order valence-corrected chi connectivity index (χ2v) is 6.26. The van der Waals surface area contributed by atoms with E-state index in [2.05, 4.69) is 4.98 Å². The van der Waals surface area contributed by atoms with Gasteiger partial charge in [-0.1, -0.05) is 12.1 Å². The summed E-state index contributed by atoms with van der Waals surface area (Å²) in [4.78, 5) is 15.3. The van der Waals surface area contributed by atoms with E-state index in [4.69, 9.17) is 18.9 Å². The van der Waals surface area contributed by atoms with E-state index in [9.17, 15) is 4.79 Å². The first-order chi connectivity index (χ1) is 13.6. The van der Waals surface area contributed by atoms with Crippen LogP contribution >= 0.6 is 0 Å². The van der Waals surface area contributed by atoms with Crippen LogP contribution < -0.4 is 14.2 Å². The van der Waals surface area contributed by atoms with Gasteiger partial charge in [-0.25, -0.2) is 0 Å². The maximum atomic E-state index is 11.9. The quantitative estimate of drug-likeness (QED) is 0.586. The Balaban J connectivity index is 2.11. The first kappa shape index (κ1) is 19.6. The van der Waals surface area contributed by atoms with Crippen molar-refractivity contribution in [2.75, 3.05) is 27.9 Å². The van der Waals surface area contributed by atoms with E-state index in [0.29, 0.717) is 30.9 Å². The van der Waals surface area contributed by atoms with Gasteiger partial charge >= 0.3 is 5.97 Å². The monoisotopic (exact) mass is 383 g/mol. The minimum absolute atomic E-state index is 0.211. The highest BCUT2D eigenvalue weighted by Crippen LogP contribution is 2.39. The van der Waals surface area contributed by atoms with Crippen LogP contribution in [0.4, 0.5) is 0 Å². The molecule has 0 aliphatic rings. The largest absolute Gasteiger partial charge is 0.497 e. The van der Waals surface area contributed by atoms with Gasteiger partial charge in [-0.05, 0) is 37.1 Å². The molecule has 0 bridgehead atoms. The average Bonchev–Trinajstić information content (AvgIpc) is 3.08. The summed E-state index contributed by atoms with van der Waals surface area (Å²) in [5, 5.41) is 1.00. The second kappa shape index (κ2) is 8.69. The number of carbonyl (C=O) groups is 1. The highest BCUT2D eigenvalue weighted by molar-refractivity contribution is 5.99. The molecule has 148 valence electrons. The first-order valence-electron chi connectivity index (χ1n) is 9.17. The van der Waals surface area contributed by atoms with Crippen LogP contribution in [0.3, 0.4) is 0 Å². The van der Waals surface area contributed by atoms with Crippen molar-refractivity contribution in [3.05, 3.63) is 42.1 Å². The molecule has 0 amide bonds. The fourth-order valence-corrected chi connectivity index (χ4v) is 3.31. The van der Waals surface area contributed by atoms with Crippen LogP contribution in [-0.2, 0) is 16.0 Å². The van der Waals surface area contributed by atoms with Crippen LogP contribution in [0.15, 0.2) is 36.4 Å². The van der Waals surface area contributed by atoms with Gasteiger partial charge in [0, 0.05) is 22.7 Å². The Bertz CT molecular complexity index is 959. The van der Waals surface area contributed by atoms with Crippen LogP contribution in [0.1, 0.15) is 19.0 Å². The van der Waals surface area contributed by atoms with Crippen molar-refractivity contribution in [2.45, 2.75) is 19.8 Å². The minimum Gasteiger partial charge on any atom is -0.497 e. The van der Waals surface area contributed by atoms with Gasteiger partial charge in [0.15, 0.2) is 11.5 Å². The molecular weight excluding hydrogens is 358 g/mol. The highest BCUT2D eigenvalue weighted by atomic mass is 16.5. The molecule has 0 saturated carbocycles. The Hall–Kier alpha value is -3.15. The Labute approximate surface area is 164 Å². The third-order valence-electron chi connectivity index (χ3n) is 4.64. The summed E-state index contributed by atoms with van der Waals surface area (Å²) in [5.74, 6) is 1.88. The smallest absolute Gasteiger partial charge is 0.306 e. The second-order valence-electron chi connectivity index (χ2n) is 6.26. The van der Waals surface area contributed by atoms with Gasteiger partial charge in [-0.15, -0.1) is 0 Å². The van der Waals surface area contributed by atoms with Crippen molar-refractivity contribution >= 4 is 16.9 Å². The van der Waals surface area contributed by atoms with Crippen molar-refractivity contribution in [1.29, 1.82) is 0 Å². The SMILES string of the molecule is CCOC(=O)CCc1[nH]c2cc(OC)c(OC)cc2c1-c1ccc(OC)cc1. The normalized spacial score (nSPS) is 10.7. The van der Waals surface area contributed by atoms with E-state index in [1.807, 2.05) is 43.3 Å². The van der Waals surface area contributed by atoms with Gasteiger partial charge in [0.25, 0.3) is 0 Å². The summed E-state index contributed by atoms with van der Waals surface area (Å²) in [6.07, 6.45) is 0.845. The zero-order valence-electron chi connectivity index (χ0n) is 16.6. The molecule has 3 aromatic rings. The Morgan fingerprint density at radius 3 is 2.25 bits per heavy atom. The summed E-state index contributed by atoms with van der Waals surface area (Å²) < 4.78 is 21.3. The molecule has 0 aliphatic heterocycles. The molecule has 0 spiro atoms. The van der Waals surface area contributed by atoms with E-state index in [1.165, 1.54) is 0 Å². The summed E-state index contributed by atoms with van der Waals surface area (Å²) in [5.41, 5.74) is 3.94. The fraction of sp³-hybridized carbons (Fsp3) is 0.318. The summed E-state index contributed by atoms with van der Waals surface area (Å²) in [6, 6.07) is 11.7. The van der Waals surface area contributed by atoms with Crippen molar-refractivity contribution in [1.82, 2.24) is 4.98 Å². The fourth-order valence-electron chi connectivity index (χ4n) is 3.31. The Morgan fingerprint density at radius 2 is 1.64 bits per heavy atom. The van der Waals surface area contributed by atoms with E-state index in [1.54, 1.807) is 21.3 Å². The van der Waals surface area contributed by atoms with Crippen LogP contribution in [-0.4, -0.2) is 38.9 Å². The van der Waals surface area contributed by atoms with Crippen LogP contribution in [0.25, 0.3) is 22.0 Å². The molecule has 0 saturated heterocycles. The lowest BCUT2D eigenvalue weighted by Gasteiger charge is -2.09. The molecule has 3 rings (SSSR count). The lowest BCUT2D eigenvalue weighted by atomic mass is 9.99. The number of aromatic nitrogens is 1. The first-order valence-corrected chi connectivity index (χ1v) is 9.17. The summed E-state index contributed by atoms with van der Waals surface area (Å²) in [7, 11) is 4.87. The third kappa shape index (κ3) is 3.91. The number of nitrogens with one attached hydrogen (secondary N) is 1. The average molecular weight is 383 g/mol. The summed E-state index contributed by atoms with van der Waals surface area (Å²) >= 11 is 0. The van der Waals surface area contributed by atoms with E-state index >= 15 is 0 Å². The number of hydrogen-bond donors (Lipinski definition) is 1. The molecule has 0 fully saturated rings. The predicted molar refractivity (Wildman–Crippen MR) is 108 cm³/mol. The molecule has 0 atom stereocenters. The maximum Gasteiger partial charge on any atom is 0.306 e. The van der Waals surface area contributed by atoms with Gasteiger partial charge in [0.1, 0.15) is 5.75 Å². The van der Waals surface area contributed by atoms with Gasteiger partial charge < -0.3 is 23.9 Å². The van der Waals surface area contributed by atoms with Gasteiger partial charge in [0.05, 0.1) is 39.9 Å². The van der Waals surface area contributed by atoms with Gasteiger partial charge in [0.2, 0.25) is 0 Å². The molecule has 1 aromatic heterocycles. The number of hydrogen-bond acceptors (Lipinski definition) is 5. The van der Waals surface area contributed by atoms with Crippen molar-refractivity contribution < 1.29 is 23.7 Å². The Kier molecular flexibility index (Phi) is 6.09. The van der Waals surface area contributed by atoms with Gasteiger partial charge in [-0.2, -0.15) is 0 Å². The van der Waals surface area contributed by atoms with Crippen molar-refractivity contribution in [2.24, 2.45) is 0 Å². The number of ether oxygens (including phenoxy) is 4. The lowest BCUT2D eigenvalue weighted by Crippen LogP contribution is -2.05. The van der Waals surface area contributed by atoms with E-state index < -0.39 is 0 Å². The number of methoxy groups -OCH3 is 3. The molecule has 28 heavy (non-hydrogen) atoms. The number of aryl methyl sites for hydroxylation is 1. The minimum atomic E-state index is -0.211. The third-order valence-corrected chi connectivity index (χ3v) is 4.64. The van der Waals surface area contributed by atoms with Crippen LogP contribution in [0.2, 0.25) is 0 Å².